The molecule has 0 spiro atoms. The Morgan fingerprint density at radius 2 is 1.79 bits per heavy atom. The van der Waals surface area contributed by atoms with E-state index in [1.54, 1.807) is 18.5 Å². The highest BCUT2D eigenvalue weighted by molar-refractivity contribution is 5.86. The molecule has 1 aliphatic heterocycles. The van der Waals surface area contributed by atoms with Crippen molar-refractivity contribution in [1.29, 1.82) is 0 Å². The molecule has 4 rings (SSSR count). The summed E-state index contributed by atoms with van der Waals surface area (Å²) in [5.74, 6) is 0.787. The zero-order valence-electron chi connectivity index (χ0n) is 13.1. The Labute approximate surface area is 138 Å². The molecular formula is C17H17N5O2. The van der Waals surface area contributed by atoms with E-state index >= 15 is 0 Å². The maximum absolute atomic E-state index is 12.5. The highest BCUT2D eigenvalue weighted by atomic mass is 16.5. The number of para-hydroxylation sites is 1. The first-order valence-corrected chi connectivity index (χ1v) is 7.94. The molecule has 1 fully saturated rings. The molecule has 0 atom stereocenters. The minimum Gasteiger partial charge on any atom is -0.356 e. The van der Waals surface area contributed by atoms with Gasteiger partial charge in [-0.25, -0.2) is 9.97 Å². The van der Waals surface area contributed by atoms with E-state index in [4.69, 9.17) is 4.52 Å². The van der Waals surface area contributed by atoms with Crippen LogP contribution in [0.15, 0.2) is 47.2 Å². The van der Waals surface area contributed by atoms with Crippen LogP contribution < -0.4 is 4.90 Å². The average Bonchev–Trinajstić information content (AvgIpc) is 3.06. The number of amides is 1. The monoisotopic (exact) mass is 323 g/mol. The number of aromatic nitrogens is 3. The van der Waals surface area contributed by atoms with Crippen LogP contribution in [0.2, 0.25) is 0 Å². The summed E-state index contributed by atoms with van der Waals surface area (Å²) < 4.78 is 5.27. The molecule has 0 radical (unpaired) electrons. The molecule has 24 heavy (non-hydrogen) atoms. The summed E-state index contributed by atoms with van der Waals surface area (Å²) in [6, 6.07) is 9.40. The van der Waals surface area contributed by atoms with Crippen molar-refractivity contribution in [2.24, 2.45) is 0 Å². The zero-order valence-corrected chi connectivity index (χ0v) is 13.1. The Balaban J connectivity index is 1.40. The van der Waals surface area contributed by atoms with Crippen LogP contribution in [0.25, 0.3) is 11.0 Å². The molecule has 1 aliphatic rings. The molecule has 1 aromatic carbocycles. The third-order valence-corrected chi connectivity index (χ3v) is 4.24. The lowest BCUT2D eigenvalue weighted by Crippen LogP contribution is -2.49. The minimum atomic E-state index is 0.0719. The van der Waals surface area contributed by atoms with Crippen molar-refractivity contribution in [3.05, 3.63) is 48.4 Å². The molecule has 0 aliphatic carbocycles. The highest BCUT2D eigenvalue weighted by Gasteiger charge is 2.23. The number of anilines is 1. The Bertz CT molecular complexity index is 840. The standard InChI is InChI=1S/C17H17N5O2/c23-16(12-14-13-4-1-2-5-15(13)24-20-14)21-8-10-22(11-9-21)17-18-6-3-7-19-17/h1-7H,8-12H2. The van der Waals surface area contributed by atoms with Crippen molar-refractivity contribution >= 4 is 22.8 Å². The molecule has 3 heterocycles. The molecule has 1 saturated heterocycles. The Morgan fingerprint density at radius 1 is 1.04 bits per heavy atom. The molecule has 2 aromatic heterocycles. The van der Waals surface area contributed by atoms with E-state index in [0.717, 1.165) is 18.5 Å². The molecule has 3 aromatic rings. The van der Waals surface area contributed by atoms with Gasteiger partial charge in [0.2, 0.25) is 11.9 Å². The van der Waals surface area contributed by atoms with Crippen LogP contribution in [0.3, 0.4) is 0 Å². The van der Waals surface area contributed by atoms with Crippen molar-refractivity contribution in [2.75, 3.05) is 31.1 Å². The van der Waals surface area contributed by atoms with Gasteiger partial charge in [-0.1, -0.05) is 17.3 Å². The van der Waals surface area contributed by atoms with E-state index in [-0.39, 0.29) is 12.3 Å². The second-order valence-electron chi connectivity index (χ2n) is 5.72. The number of nitrogens with zero attached hydrogens (tertiary/aromatic N) is 5. The summed E-state index contributed by atoms with van der Waals surface area (Å²) in [6.07, 6.45) is 3.73. The van der Waals surface area contributed by atoms with Crippen molar-refractivity contribution in [3.8, 4) is 0 Å². The van der Waals surface area contributed by atoms with Gasteiger partial charge in [0, 0.05) is 44.0 Å². The van der Waals surface area contributed by atoms with Gasteiger partial charge in [0.25, 0.3) is 0 Å². The SMILES string of the molecule is O=C(Cc1noc2ccccc12)N1CCN(c2ncccn2)CC1. The van der Waals surface area contributed by atoms with Crippen molar-refractivity contribution in [2.45, 2.75) is 6.42 Å². The topological polar surface area (TPSA) is 75.4 Å². The number of carbonyl (C=O) groups excluding carboxylic acids is 1. The predicted octanol–water partition coefficient (Wildman–Crippen LogP) is 1.51. The minimum absolute atomic E-state index is 0.0719. The summed E-state index contributed by atoms with van der Waals surface area (Å²) >= 11 is 0. The molecule has 1 amide bonds. The lowest BCUT2D eigenvalue weighted by molar-refractivity contribution is -0.130. The molecule has 7 nitrogen and oxygen atoms in total. The van der Waals surface area contributed by atoms with E-state index in [9.17, 15) is 4.79 Å². The second kappa shape index (κ2) is 6.27. The first-order valence-electron chi connectivity index (χ1n) is 7.94. The molecule has 0 unspecified atom stereocenters. The van der Waals surface area contributed by atoms with Crippen LogP contribution in [-0.2, 0) is 11.2 Å². The summed E-state index contributed by atoms with van der Waals surface area (Å²) in [5, 5.41) is 4.94. The molecular weight excluding hydrogens is 306 g/mol. The smallest absolute Gasteiger partial charge is 0.228 e. The van der Waals surface area contributed by atoms with Gasteiger partial charge in [0.1, 0.15) is 5.69 Å². The summed E-state index contributed by atoms with van der Waals surface area (Å²) in [5.41, 5.74) is 1.41. The molecule has 0 N–H and O–H groups in total. The maximum Gasteiger partial charge on any atom is 0.228 e. The summed E-state index contributed by atoms with van der Waals surface area (Å²) in [4.78, 5) is 25.0. The third-order valence-electron chi connectivity index (χ3n) is 4.24. The number of hydrogen-bond acceptors (Lipinski definition) is 6. The number of benzene rings is 1. The van der Waals surface area contributed by atoms with Gasteiger partial charge < -0.3 is 14.3 Å². The van der Waals surface area contributed by atoms with Gasteiger partial charge in [0.15, 0.2) is 5.58 Å². The van der Waals surface area contributed by atoms with E-state index in [0.29, 0.717) is 30.3 Å². The van der Waals surface area contributed by atoms with Crippen molar-refractivity contribution in [3.63, 3.8) is 0 Å². The van der Waals surface area contributed by atoms with Gasteiger partial charge in [-0.15, -0.1) is 0 Å². The molecule has 0 saturated carbocycles. The maximum atomic E-state index is 12.5. The van der Waals surface area contributed by atoms with E-state index in [2.05, 4.69) is 20.0 Å². The fourth-order valence-electron chi connectivity index (χ4n) is 2.93. The van der Waals surface area contributed by atoms with Gasteiger partial charge in [-0.3, -0.25) is 4.79 Å². The molecule has 122 valence electrons. The van der Waals surface area contributed by atoms with Crippen molar-refractivity contribution < 1.29 is 9.32 Å². The number of rotatable bonds is 3. The van der Waals surface area contributed by atoms with Gasteiger partial charge in [-0.05, 0) is 18.2 Å². The van der Waals surface area contributed by atoms with Crippen LogP contribution in [0, 0.1) is 0 Å². The normalized spacial score (nSPS) is 15.0. The first-order chi connectivity index (χ1) is 11.8. The first kappa shape index (κ1) is 14.6. The van der Waals surface area contributed by atoms with Gasteiger partial charge >= 0.3 is 0 Å². The molecule has 7 heteroatoms. The largest absolute Gasteiger partial charge is 0.356 e. The van der Waals surface area contributed by atoms with Gasteiger partial charge in [0.05, 0.1) is 6.42 Å². The fourth-order valence-corrected chi connectivity index (χ4v) is 2.93. The lowest BCUT2D eigenvalue weighted by Gasteiger charge is -2.34. The average molecular weight is 323 g/mol. The summed E-state index contributed by atoms with van der Waals surface area (Å²) in [6.45, 7) is 2.78. The van der Waals surface area contributed by atoms with Crippen LogP contribution in [0.5, 0.6) is 0 Å². The Morgan fingerprint density at radius 3 is 2.58 bits per heavy atom. The van der Waals surface area contributed by atoms with E-state index in [1.165, 1.54) is 0 Å². The number of carbonyl (C=O) groups is 1. The Kier molecular flexibility index (Phi) is 3.82. The van der Waals surface area contributed by atoms with Crippen LogP contribution in [0.4, 0.5) is 5.95 Å². The second-order valence-corrected chi connectivity index (χ2v) is 5.72. The zero-order chi connectivity index (χ0) is 16.4. The van der Waals surface area contributed by atoms with Crippen LogP contribution in [-0.4, -0.2) is 52.1 Å². The molecule has 0 bridgehead atoms. The number of fused-ring (bicyclic) bond motifs is 1. The predicted molar refractivity (Wildman–Crippen MR) is 88.5 cm³/mol. The number of piperazine rings is 1. The fraction of sp³-hybridized carbons (Fsp3) is 0.294. The van der Waals surface area contributed by atoms with Crippen molar-refractivity contribution in [1.82, 2.24) is 20.0 Å². The van der Waals surface area contributed by atoms with E-state index in [1.807, 2.05) is 29.2 Å². The number of hydrogen-bond donors (Lipinski definition) is 0. The van der Waals surface area contributed by atoms with Crippen LogP contribution in [0.1, 0.15) is 5.69 Å². The highest BCUT2D eigenvalue weighted by Crippen LogP contribution is 2.19. The lowest BCUT2D eigenvalue weighted by atomic mass is 10.1. The Hall–Kier alpha value is -2.96. The van der Waals surface area contributed by atoms with E-state index < -0.39 is 0 Å². The third kappa shape index (κ3) is 2.80. The quantitative estimate of drug-likeness (QED) is 0.727. The van der Waals surface area contributed by atoms with Gasteiger partial charge in [-0.2, -0.15) is 0 Å². The van der Waals surface area contributed by atoms with Crippen LogP contribution >= 0.6 is 0 Å². The summed E-state index contributed by atoms with van der Waals surface area (Å²) in [7, 11) is 0.